The molecule has 1 aromatic heterocycles. The number of likely N-dealkylation sites (N-methyl/N-ethyl adjacent to an activating group) is 1. The first-order chi connectivity index (χ1) is 13.3. The molecule has 0 saturated carbocycles. The van der Waals surface area contributed by atoms with E-state index in [1.807, 2.05) is 50.2 Å². The Morgan fingerprint density at radius 2 is 1.68 bits per heavy atom. The minimum atomic E-state index is -3.25. The highest BCUT2D eigenvalue weighted by molar-refractivity contribution is 7.90. The normalized spacial score (nSPS) is 11.4. The van der Waals surface area contributed by atoms with Crippen molar-refractivity contribution < 1.29 is 13.2 Å². The molecule has 28 heavy (non-hydrogen) atoms. The van der Waals surface area contributed by atoms with Crippen LogP contribution in [0.25, 0.3) is 16.9 Å². The van der Waals surface area contributed by atoms with Gasteiger partial charge in [-0.25, -0.2) is 8.42 Å². The number of sulfone groups is 1. The van der Waals surface area contributed by atoms with Crippen molar-refractivity contribution in [2.24, 2.45) is 0 Å². The van der Waals surface area contributed by atoms with Gasteiger partial charge in [0.05, 0.1) is 17.0 Å². The summed E-state index contributed by atoms with van der Waals surface area (Å²) in [6, 6.07) is 18.8. The van der Waals surface area contributed by atoms with Gasteiger partial charge in [-0.15, -0.1) is 0 Å². The van der Waals surface area contributed by atoms with Gasteiger partial charge >= 0.3 is 0 Å². The van der Waals surface area contributed by atoms with Gasteiger partial charge in [-0.1, -0.05) is 30.3 Å². The number of amides is 1. The number of benzene rings is 2. The number of para-hydroxylation sites is 1. The second-order valence-electron chi connectivity index (χ2n) is 6.74. The van der Waals surface area contributed by atoms with Gasteiger partial charge in [-0.05, 0) is 55.3 Å². The molecule has 3 rings (SSSR count). The molecule has 0 fully saturated rings. The van der Waals surface area contributed by atoms with Crippen LogP contribution in [-0.2, 0) is 21.1 Å². The second kappa shape index (κ2) is 8.02. The summed E-state index contributed by atoms with van der Waals surface area (Å²) in [6.45, 7) is 4.49. The van der Waals surface area contributed by atoms with E-state index in [4.69, 9.17) is 0 Å². The molecule has 0 unspecified atom stereocenters. The predicted molar refractivity (Wildman–Crippen MR) is 111 cm³/mol. The molecule has 0 aliphatic heterocycles. The minimum absolute atomic E-state index is 0.0187. The van der Waals surface area contributed by atoms with Crippen LogP contribution >= 0.6 is 0 Å². The summed E-state index contributed by atoms with van der Waals surface area (Å²) < 4.78 is 25.6. The predicted octanol–water partition coefficient (Wildman–Crippen LogP) is 3.53. The van der Waals surface area contributed by atoms with Crippen molar-refractivity contribution >= 4 is 15.7 Å². The third kappa shape index (κ3) is 4.17. The van der Waals surface area contributed by atoms with E-state index in [0.29, 0.717) is 13.0 Å². The van der Waals surface area contributed by atoms with Crippen molar-refractivity contribution in [2.45, 2.75) is 25.2 Å². The molecule has 5 nitrogen and oxygen atoms in total. The van der Waals surface area contributed by atoms with Crippen LogP contribution in [0.15, 0.2) is 65.6 Å². The van der Waals surface area contributed by atoms with Crippen LogP contribution in [0.3, 0.4) is 0 Å². The Bertz CT molecular complexity index is 1080. The number of hydrogen-bond acceptors (Lipinski definition) is 3. The van der Waals surface area contributed by atoms with Crippen LogP contribution in [0.1, 0.15) is 18.2 Å². The number of rotatable bonds is 6. The Morgan fingerprint density at radius 1 is 1.04 bits per heavy atom. The SMILES string of the molecule is CCNC(=O)Cc1cc(-c2ccc(S(C)(=O)=O)cc2)n(-c2ccccc2)c1C. The highest BCUT2D eigenvalue weighted by Gasteiger charge is 2.17. The van der Waals surface area contributed by atoms with E-state index >= 15 is 0 Å². The first-order valence-electron chi connectivity index (χ1n) is 9.15. The quantitative estimate of drug-likeness (QED) is 0.693. The Morgan fingerprint density at radius 3 is 2.25 bits per heavy atom. The van der Waals surface area contributed by atoms with Crippen LogP contribution < -0.4 is 5.32 Å². The summed E-state index contributed by atoms with van der Waals surface area (Å²) in [7, 11) is -3.25. The first kappa shape index (κ1) is 19.9. The fourth-order valence-corrected chi connectivity index (χ4v) is 3.90. The first-order valence-corrected chi connectivity index (χ1v) is 11.0. The molecule has 0 bridgehead atoms. The fraction of sp³-hybridized carbons (Fsp3) is 0.227. The van der Waals surface area contributed by atoms with Crippen LogP contribution in [0, 0.1) is 6.92 Å². The number of nitrogens with one attached hydrogen (secondary N) is 1. The molecular weight excluding hydrogens is 372 g/mol. The summed E-state index contributed by atoms with van der Waals surface area (Å²) in [5, 5.41) is 2.84. The van der Waals surface area contributed by atoms with Crippen LogP contribution in [0.2, 0.25) is 0 Å². The maximum absolute atomic E-state index is 12.1. The van der Waals surface area contributed by atoms with Crippen LogP contribution in [0.5, 0.6) is 0 Å². The molecule has 146 valence electrons. The number of nitrogens with zero attached hydrogens (tertiary/aromatic N) is 1. The zero-order valence-electron chi connectivity index (χ0n) is 16.3. The summed E-state index contributed by atoms with van der Waals surface area (Å²) in [4.78, 5) is 12.4. The van der Waals surface area contributed by atoms with E-state index < -0.39 is 9.84 Å². The van der Waals surface area contributed by atoms with Crippen molar-refractivity contribution in [2.75, 3.05) is 12.8 Å². The third-order valence-corrected chi connectivity index (χ3v) is 5.80. The van der Waals surface area contributed by atoms with Crippen molar-refractivity contribution in [1.82, 2.24) is 9.88 Å². The average molecular weight is 397 g/mol. The van der Waals surface area contributed by atoms with Crippen molar-refractivity contribution in [1.29, 1.82) is 0 Å². The number of hydrogen-bond donors (Lipinski definition) is 1. The fourth-order valence-electron chi connectivity index (χ4n) is 3.27. The lowest BCUT2D eigenvalue weighted by atomic mass is 10.1. The van der Waals surface area contributed by atoms with E-state index in [-0.39, 0.29) is 10.8 Å². The summed E-state index contributed by atoms with van der Waals surface area (Å²) in [6.07, 6.45) is 1.50. The number of carbonyl (C=O) groups is 1. The Hall–Kier alpha value is -2.86. The van der Waals surface area contributed by atoms with Gasteiger partial charge in [-0.3, -0.25) is 4.79 Å². The van der Waals surface area contributed by atoms with Gasteiger partial charge in [0, 0.05) is 24.2 Å². The van der Waals surface area contributed by atoms with Gasteiger partial charge in [0.15, 0.2) is 9.84 Å². The van der Waals surface area contributed by atoms with E-state index in [9.17, 15) is 13.2 Å². The van der Waals surface area contributed by atoms with Gasteiger partial charge in [0.1, 0.15) is 0 Å². The summed E-state index contributed by atoms with van der Waals surface area (Å²) in [5.74, 6) is -0.0187. The van der Waals surface area contributed by atoms with Gasteiger partial charge in [-0.2, -0.15) is 0 Å². The molecule has 1 amide bonds. The molecule has 0 radical (unpaired) electrons. The summed E-state index contributed by atoms with van der Waals surface area (Å²) >= 11 is 0. The largest absolute Gasteiger partial charge is 0.356 e. The van der Waals surface area contributed by atoms with E-state index in [2.05, 4.69) is 9.88 Å². The van der Waals surface area contributed by atoms with Crippen LogP contribution in [0.4, 0.5) is 0 Å². The molecule has 3 aromatic rings. The summed E-state index contributed by atoms with van der Waals surface area (Å²) in [5.41, 5.74) is 4.73. The highest BCUT2D eigenvalue weighted by Crippen LogP contribution is 2.30. The van der Waals surface area contributed by atoms with Crippen molar-refractivity contribution in [3.8, 4) is 16.9 Å². The smallest absolute Gasteiger partial charge is 0.224 e. The molecule has 0 aliphatic carbocycles. The van der Waals surface area contributed by atoms with Crippen molar-refractivity contribution in [3.63, 3.8) is 0 Å². The molecule has 1 heterocycles. The molecule has 1 N–H and O–H groups in total. The Kier molecular flexibility index (Phi) is 5.70. The molecule has 2 aromatic carbocycles. The van der Waals surface area contributed by atoms with Gasteiger partial charge < -0.3 is 9.88 Å². The molecule has 0 saturated heterocycles. The maximum Gasteiger partial charge on any atom is 0.224 e. The lowest BCUT2D eigenvalue weighted by molar-refractivity contribution is -0.120. The maximum atomic E-state index is 12.1. The van der Waals surface area contributed by atoms with Gasteiger partial charge in [0.2, 0.25) is 5.91 Å². The Labute approximate surface area is 165 Å². The lowest BCUT2D eigenvalue weighted by Gasteiger charge is -2.13. The second-order valence-corrected chi connectivity index (χ2v) is 8.75. The van der Waals surface area contributed by atoms with E-state index in [1.54, 1.807) is 24.3 Å². The number of carbonyl (C=O) groups excluding carboxylic acids is 1. The average Bonchev–Trinajstić information content (AvgIpc) is 2.98. The minimum Gasteiger partial charge on any atom is -0.356 e. The van der Waals surface area contributed by atoms with Crippen LogP contribution in [-0.4, -0.2) is 31.7 Å². The Balaban J connectivity index is 2.12. The topological polar surface area (TPSA) is 68.2 Å². The third-order valence-electron chi connectivity index (χ3n) is 4.67. The van der Waals surface area contributed by atoms with Gasteiger partial charge in [0.25, 0.3) is 0 Å². The highest BCUT2D eigenvalue weighted by atomic mass is 32.2. The molecule has 0 aliphatic rings. The lowest BCUT2D eigenvalue weighted by Crippen LogP contribution is -2.24. The molecule has 0 spiro atoms. The monoisotopic (exact) mass is 396 g/mol. The number of aromatic nitrogens is 1. The van der Waals surface area contributed by atoms with Crippen molar-refractivity contribution in [3.05, 3.63) is 71.9 Å². The standard InChI is InChI=1S/C22H24N2O3S/c1-4-23-22(25)15-18-14-21(17-10-12-20(13-11-17)28(3,26)27)24(16(18)2)19-8-6-5-7-9-19/h5-14H,4,15H2,1-3H3,(H,23,25). The van der Waals surface area contributed by atoms with E-state index in [0.717, 1.165) is 28.2 Å². The zero-order chi connectivity index (χ0) is 20.3. The molecule has 0 atom stereocenters. The zero-order valence-corrected chi connectivity index (χ0v) is 17.1. The molecule has 6 heteroatoms. The molecular formula is C22H24N2O3S. The van der Waals surface area contributed by atoms with E-state index in [1.165, 1.54) is 6.26 Å².